The highest BCUT2D eigenvalue weighted by Gasteiger charge is 2.06. The predicted octanol–water partition coefficient (Wildman–Crippen LogP) is 4.70. The Balaban J connectivity index is 2.98. The maximum Gasteiger partial charge on any atom is 0.123 e. The van der Waals surface area contributed by atoms with E-state index >= 15 is 0 Å². The number of nitrogens with zero attached hydrogens (tertiary/aromatic N) is 1. The Kier molecular flexibility index (Phi) is 5.50. The van der Waals surface area contributed by atoms with Gasteiger partial charge < -0.3 is 0 Å². The summed E-state index contributed by atoms with van der Waals surface area (Å²) in [5.41, 5.74) is 4.57. The van der Waals surface area contributed by atoms with E-state index in [9.17, 15) is 4.39 Å². The van der Waals surface area contributed by atoms with E-state index in [0.29, 0.717) is 6.42 Å². The van der Waals surface area contributed by atoms with Gasteiger partial charge in [0.2, 0.25) is 0 Å². The Morgan fingerprint density at radius 1 is 1.28 bits per heavy atom. The van der Waals surface area contributed by atoms with Gasteiger partial charge in [-0.2, -0.15) is 0 Å². The minimum atomic E-state index is -0.210. The minimum Gasteiger partial charge on any atom is -0.261 e. The van der Waals surface area contributed by atoms with Gasteiger partial charge in [0.25, 0.3) is 0 Å². The van der Waals surface area contributed by atoms with Crippen molar-refractivity contribution in [2.75, 3.05) is 0 Å². The molecule has 0 amide bonds. The van der Waals surface area contributed by atoms with Gasteiger partial charge in [0.05, 0.1) is 0 Å². The van der Waals surface area contributed by atoms with Crippen LogP contribution in [0.15, 0.2) is 53.2 Å². The summed E-state index contributed by atoms with van der Waals surface area (Å²) >= 11 is 0. The average Bonchev–Trinajstić information content (AvgIpc) is 2.39. The first kappa shape index (κ1) is 14.4. The summed E-state index contributed by atoms with van der Waals surface area (Å²) in [5, 5.41) is 0. The quantitative estimate of drug-likeness (QED) is 0.667. The van der Waals surface area contributed by atoms with Crippen molar-refractivity contribution in [1.29, 1.82) is 0 Å². The van der Waals surface area contributed by atoms with Crippen LogP contribution in [0.4, 0.5) is 4.39 Å². The molecule has 1 nitrogen and oxygen atoms in total. The Bertz CT molecular complexity index is 466. The van der Waals surface area contributed by atoms with Crippen molar-refractivity contribution in [3.05, 3.63) is 59.6 Å². The molecule has 1 aromatic rings. The van der Waals surface area contributed by atoms with Gasteiger partial charge in [-0.25, -0.2) is 4.39 Å². The van der Waals surface area contributed by atoms with E-state index in [4.69, 9.17) is 0 Å². The maximum absolute atomic E-state index is 12.9. The number of allylic oxidation sites excluding steroid dienone is 2. The highest BCUT2D eigenvalue weighted by Crippen LogP contribution is 2.14. The van der Waals surface area contributed by atoms with Crippen LogP contribution in [0.3, 0.4) is 0 Å². The zero-order valence-electron chi connectivity index (χ0n) is 11.3. The summed E-state index contributed by atoms with van der Waals surface area (Å²) in [6.45, 7) is 9.96. The molecule has 0 N–H and O–H groups in total. The van der Waals surface area contributed by atoms with Crippen LogP contribution < -0.4 is 0 Å². The third-order valence-corrected chi connectivity index (χ3v) is 3.14. The maximum atomic E-state index is 12.9. The van der Waals surface area contributed by atoms with Crippen molar-refractivity contribution in [1.82, 2.24) is 0 Å². The van der Waals surface area contributed by atoms with Gasteiger partial charge in [0, 0.05) is 18.3 Å². The van der Waals surface area contributed by atoms with Crippen LogP contribution in [0.2, 0.25) is 0 Å². The van der Waals surface area contributed by atoms with Gasteiger partial charge in [0.1, 0.15) is 5.82 Å². The largest absolute Gasteiger partial charge is 0.261 e. The van der Waals surface area contributed by atoms with Gasteiger partial charge in [-0.1, -0.05) is 31.2 Å². The third-order valence-electron chi connectivity index (χ3n) is 3.14. The first-order valence-corrected chi connectivity index (χ1v) is 6.17. The van der Waals surface area contributed by atoms with Gasteiger partial charge in [-0.05, 0) is 43.5 Å². The normalized spacial score (nSPS) is 13.2. The summed E-state index contributed by atoms with van der Waals surface area (Å²) in [7, 11) is 0. The molecule has 18 heavy (non-hydrogen) atoms. The fraction of sp³-hybridized carbons (Fsp3) is 0.312. The van der Waals surface area contributed by atoms with Gasteiger partial charge in [0.15, 0.2) is 0 Å². The van der Waals surface area contributed by atoms with Gasteiger partial charge in [-0.15, -0.1) is 0 Å². The average molecular weight is 245 g/mol. The van der Waals surface area contributed by atoms with Crippen LogP contribution in [-0.4, -0.2) is 5.71 Å². The van der Waals surface area contributed by atoms with Crippen molar-refractivity contribution in [2.24, 2.45) is 4.99 Å². The second-order valence-corrected chi connectivity index (χ2v) is 4.32. The minimum absolute atomic E-state index is 0.210. The van der Waals surface area contributed by atoms with E-state index in [-0.39, 0.29) is 5.82 Å². The predicted molar refractivity (Wildman–Crippen MR) is 76.4 cm³/mol. The lowest BCUT2D eigenvalue weighted by Crippen LogP contribution is -2.06. The lowest BCUT2D eigenvalue weighted by molar-refractivity contribution is 0.627. The molecule has 0 saturated heterocycles. The van der Waals surface area contributed by atoms with Crippen molar-refractivity contribution in [3.63, 3.8) is 0 Å². The van der Waals surface area contributed by atoms with Crippen LogP contribution in [0.25, 0.3) is 0 Å². The summed E-state index contributed by atoms with van der Waals surface area (Å²) in [4.78, 5) is 4.34. The Morgan fingerprint density at radius 3 is 2.39 bits per heavy atom. The fourth-order valence-electron chi connectivity index (χ4n) is 1.69. The molecule has 0 radical (unpaired) electrons. The first-order chi connectivity index (χ1) is 8.58. The topological polar surface area (TPSA) is 12.4 Å². The number of aliphatic imine (C=N–C) groups is 1. The Morgan fingerprint density at radius 2 is 1.89 bits per heavy atom. The Labute approximate surface area is 109 Å². The Hall–Kier alpha value is -1.70. The molecule has 1 aromatic carbocycles. The molecule has 0 bridgehead atoms. The fourth-order valence-corrected chi connectivity index (χ4v) is 1.69. The molecule has 0 aliphatic rings. The lowest BCUT2D eigenvalue weighted by Gasteiger charge is -2.10. The molecule has 0 saturated carbocycles. The monoisotopic (exact) mass is 245 g/mol. The van der Waals surface area contributed by atoms with E-state index in [0.717, 1.165) is 17.7 Å². The third kappa shape index (κ3) is 3.95. The molecular formula is C16H20FN. The van der Waals surface area contributed by atoms with Crippen LogP contribution in [-0.2, 0) is 6.42 Å². The van der Waals surface area contributed by atoms with E-state index in [1.165, 1.54) is 23.3 Å². The van der Waals surface area contributed by atoms with Gasteiger partial charge >= 0.3 is 0 Å². The number of halogens is 1. The zero-order valence-corrected chi connectivity index (χ0v) is 11.3. The van der Waals surface area contributed by atoms with E-state index in [2.05, 4.69) is 32.3 Å². The van der Waals surface area contributed by atoms with Crippen LogP contribution in [0.1, 0.15) is 32.8 Å². The number of rotatable bonds is 5. The second-order valence-electron chi connectivity index (χ2n) is 4.32. The van der Waals surface area contributed by atoms with E-state index < -0.39 is 0 Å². The van der Waals surface area contributed by atoms with Crippen LogP contribution >= 0.6 is 0 Å². The molecule has 0 atom stereocenters. The molecule has 0 aromatic heterocycles. The molecule has 2 heteroatoms. The summed E-state index contributed by atoms with van der Waals surface area (Å²) in [6, 6.07) is 6.55. The summed E-state index contributed by atoms with van der Waals surface area (Å²) in [6.07, 6.45) is 3.27. The molecule has 0 spiro atoms. The standard InChI is InChI=1S/C16H20FN/c1-5-12(3)13(4)16(18-6-2)11-14-7-9-15(17)10-8-14/h6-10H,2,5,11H2,1,3-4H3/b13-12+,18-16?. The van der Waals surface area contributed by atoms with Crippen LogP contribution in [0.5, 0.6) is 0 Å². The first-order valence-electron chi connectivity index (χ1n) is 6.17. The zero-order chi connectivity index (χ0) is 13.5. The van der Waals surface area contributed by atoms with E-state index in [1.54, 1.807) is 18.3 Å². The highest BCUT2D eigenvalue weighted by molar-refractivity contribution is 6.01. The molecule has 0 unspecified atom stereocenters. The van der Waals surface area contributed by atoms with Crippen LogP contribution in [0, 0.1) is 5.82 Å². The molecule has 96 valence electrons. The van der Waals surface area contributed by atoms with Crippen molar-refractivity contribution in [2.45, 2.75) is 33.6 Å². The lowest BCUT2D eigenvalue weighted by atomic mass is 9.98. The molecular weight excluding hydrogens is 225 g/mol. The van der Waals surface area contributed by atoms with Gasteiger partial charge in [-0.3, -0.25) is 4.99 Å². The van der Waals surface area contributed by atoms with Crippen molar-refractivity contribution in [3.8, 4) is 0 Å². The molecule has 0 aliphatic carbocycles. The number of benzene rings is 1. The van der Waals surface area contributed by atoms with E-state index in [1.807, 2.05) is 0 Å². The molecule has 1 rings (SSSR count). The number of hydrogen-bond acceptors (Lipinski definition) is 1. The summed E-state index contributed by atoms with van der Waals surface area (Å²) < 4.78 is 12.9. The molecule has 0 heterocycles. The number of hydrogen-bond donors (Lipinski definition) is 0. The van der Waals surface area contributed by atoms with Crippen molar-refractivity contribution >= 4 is 5.71 Å². The second kappa shape index (κ2) is 6.90. The molecule has 0 fully saturated rings. The SMILES string of the molecule is C=CN=C(Cc1ccc(F)cc1)/C(C)=C(\C)CC. The highest BCUT2D eigenvalue weighted by atomic mass is 19.1. The smallest absolute Gasteiger partial charge is 0.123 e. The van der Waals surface area contributed by atoms with Crippen molar-refractivity contribution < 1.29 is 4.39 Å². The summed E-state index contributed by atoms with van der Waals surface area (Å²) in [5.74, 6) is -0.210. The molecule has 0 aliphatic heterocycles.